The molecular weight excluding hydrogens is 312 g/mol. The number of rotatable bonds is 6. The van der Waals surface area contributed by atoms with Crippen molar-refractivity contribution in [2.45, 2.75) is 58.4 Å². The Morgan fingerprint density at radius 3 is 2.48 bits per heavy atom. The fourth-order valence-corrected chi connectivity index (χ4v) is 3.11. The molecule has 6 nitrogen and oxygen atoms in total. The van der Waals surface area contributed by atoms with E-state index in [1.807, 2.05) is 0 Å². The number of aliphatic hydroxyl groups is 1. The molecule has 0 bridgehead atoms. The zero-order valence-electron chi connectivity index (χ0n) is 14.6. The topological polar surface area (TPSA) is 87.8 Å². The highest BCUT2D eigenvalue weighted by atomic mass is 28.4. The van der Waals surface area contributed by atoms with Gasteiger partial charge in [0, 0.05) is 18.9 Å². The average Bonchev–Trinajstić information content (AvgIpc) is 2.90. The molecule has 0 aliphatic heterocycles. The summed E-state index contributed by atoms with van der Waals surface area (Å²) in [4.78, 5) is 14.3. The lowest BCUT2D eigenvalue weighted by molar-refractivity contribution is -0.113. The summed E-state index contributed by atoms with van der Waals surface area (Å²) in [6.45, 7) is 11.8. The lowest BCUT2D eigenvalue weighted by atomic mass is 10.1. The van der Waals surface area contributed by atoms with Crippen LogP contribution >= 0.6 is 0 Å². The van der Waals surface area contributed by atoms with Crippen molar-refractivity contribution in [2.75, 3.05) is 0 Å². The molecule has 0 fully saturated rings. The molecule has 0 saturated heterocycles. The summed E-state index contributed by atoms with van der Waals surface area (Å²) in [6.07, 6.45) is 2.63. The molecule has 126 valence electrons. The molecule has 0 aliphatic rings. The third kappa shape index (κ3) is 4.78. The molecule has 1 aromatic rings. The Balaban J connectivity index is 3.15. The molecule has 0 radical (unpaired) electrons. The van der Waals surface area contributed by atoms with Crippen LogP contribution in [0, 0.1) is 5.39 Å². The Morgan fingerprint density at radius 1 is 1.48 bits per heavy atom. The first-order chi connectivity index (χ1) is 10.5. The molecule has 0 saturated carbocycles. The first-order valence-electron chi connectivity index (χ1n) is 7.47. The molecule has 1 atom stereocenters. The maximum atomic E-state index is 11.4. The normalized spacial score (nSPS) is 14.8. The summed E-state index contributed by atoms with van der Waals surface area (Å²) in [6, 6.07) is 1.76. The van der Waals surface area contributed by atoms with Gasteiger partial charge in [0.2, 0.25) is 5.39 Å². The minimum Gasteiger partial charge on any atom is -0.505 e. The summed E-state index contributed by atoms with van der Waals surface area (Å²) in [5.41, 5.74) is 0.416. The van der Waals surface area contributed by atoms with E-state index in [2.05, 4.69) is 38.8 Å². The zero-order chi connectivity index (χ0) is 17.8. The molecule has 1 N–H and O–H groups in total. The van der Waals surface area contributed by atoms with Gasteiger partial charge in [0.25, 0.3) is 5.78 Å². The van der Waals surface area contributed by atoms with Gasteiger partial charge in [-0.1, -0.05) is 20.8 Å². The first kappa shape index (κ1) is 19.1. The highest BCUT2D eigenvalue weighted by Gasteiger charge is 2.40. The van der Waals surface area contributed by atoms with E-state index in [1.165, 1.54) is 13.2 Å². The Bertz CT molecular complexity index is 621. The lowest BCUT2D eigenvalue weighted by Crippen LogP contribution is -2.41. The number of diazo groups is 1. The largest absolute Gasteiger partial charge is 0.505 e. The van der Waals surface area contributed by atoms with Gasteiger partial charge >= 0.3 is 5.70 Å². The van der Waals surface area contributed by atoms with Gasteiger partial charge in [-0.3, -0.25) is 4.79 Å². The third-order valence-corrected chi connectivity index (χ3v) is 8.73. The minimum absolute atomic E-state index is 0.0148. The SMILES string of the molecule is CC(=O)/C([N+]#N)=C(\O)CC(O[Si](C)(C)C(C)(C)C)c1ccoc1. The predicted molar refractivity (Wildman–Crippen MR) is 89.8 cm³/mol. The molecule has 7 heteroatoms. The number of aliphatic hydroxyl groups excluding tert-OH is 1. The van der Waals surface area contributed by atoms with Crippen LogP contribution in [-0.2, 0) is 9.22 Å². The van der Waals surface area contributed by atoms with Gasteiger partial charge in [0.1, 0.15) is 0 Å². The van der Waals surface area contributed by atoms with E-state index in [4.69, 9.17) is 14.2 Å². The van der Waals surface area contributed by atoms with Crippen LogP contribution in [0.3, 0.4) is 0 Å². The van der Waals surface area contributed by atoms with E-state index in [9.17, 15) is 9.90 Å². The van der Waals surface area contributed by atoms with Crippen molar-refractivity contribution >= 4 is 14.1 Å². The highest BCUT2D eigenvalue weighted by molar-refractivity contribution is 6.74. The van der Waals surface area contributed by atoms with Crippen molar-refractivity contribution in [3.63, 3.8) is 0 Å². The summed E-state index contributed by atoms with van der Waals surface area (Å²) >= 11 is 0. The van der Waals surface area contributed by atoms with Crippen LogP contribution in [0.2, 0.25) is 18.1 Å². The van der Waals surface area contributed by atoms with Crippen LogP contribution < -0.4 is 0 Å². The number of Topliss-reactive ketones (excluding diaryl/α,β-unsaturated/α-hetero) is 1. The zero-order valence-corrected chi connectivity index (χ0v) is 15.6. The number of ketones is 1. The van der Waals surface area contributed by atoms with E-state index in [-0.39, 0.29) is 22.9 Å². The van der Waals surface area contributed by atoms with Crippen LogP contribution in [0.5, 0.6) is 0 Å². The first-order valence-corrected chi connectivity index (χ1v) is 10.4. The highest BCUT2D eigenvalue weighted by Crippen LogP contribution is 2.41. The van der Waals surface area contributed by atoms with Crippen molar-refractivity contribution in [3.05, 3.63) is 40.6 Å². The van der Waals surface area contributed by atoms with E-state index in [0.29, 0.717) is 0 Å². The molecule has 1 unspecified atom stereocenters. The molecule has 23 heavy (non-hydrogen) atoms. The van der Waals surface area contributed by atoms with Gasteiger partial charge in [0.15, 0.2) is 19.1 Å². The van der Waals surface area contributed by atoms with Gasteiger partial charge in [-0.2, -0.15) is 0 Å². The summed E-state index contributed by atoms with van der Waals surface area (Å²) in [7, 11) is -2.12. The quantitative estimate of drug-likeness (QED) is 0.343. The number of hydrogen-bond donors (Lipinski definition) is 1. The predicted octanol–water partition coefficient (Wildman–Crippen LogP) is 4.94. The fourth-order valence-electron chi connectivity index (χ4n) is 1.82. The minimum atomic E-state index is -2.12. The van der Waals surface area contributed by atoms with Gasteiger partial charge in [-0.15, -0.1) is 0 Å². The molecular formula is C16H25N2O4Si+. The van der Waals surface area contributed by atoms with E-state index in [1.54, 1.807) is 12.3 Å². The average molecular weight is 337 g/mol. The van der Waals surface area contributed by atoms with Crippen LogP contribution in [0.25, 0.3) is 4.98 Å². The Hall–Kier alpha value is -1.91. The van der Waals surface area contributed by atoms with Crippen molar-refractivity contribution in [1.29, 1.82) is 5.39 Å². The number of nitrogens with zero attached hydrogens (tertiary/aromatic N) is 2. The standard InChI is InChI=1S/C16H24N2O4Si/c1-11(19)15(18-17)13(20)9-14(12-7-8-21-10-12)22-23(5,6)16(2,3)4/h7-8,10,14H,9H2,1-6H3/p+1. The van der Waals surface area contributed by atoms with Crippen LogP contribution in [-0.4, -0.2) is 19.2 Å². The van der Waals surface area contributed by atoms with Crippen molar-refractivity contribution in [3.8, 4) is 0 Å². The number of hydrogen-bond acceptors (Lipinski definition) is 5. The Kier molecular flexibility index (Phi) is 5.91. The monoisotopic (exact) mass is 337 g/mol. The van der Waals surface area contributed by atoms with Gasteiger partial charge < -0.3 is 13.9 Å². The molecule has 1 heterocycles. The number of furan rings is 1. The van der Waals surface area contributed by atoms with Crippen LogP contribution in [0.1, 0.15) is 45.8 Å². The Labute approximate surface area is 137 Å². The fraction of sp³-hybridized carbons (Fsp3) is 0.562. The van der Waals surface area contributed by atoms with Crippen molar-refractivity contribution in [2.24, 2.45) is 0 Å². The summed E-state index contributed by atoms with van der Waals surface area (Å²) < 4.78 is 11.5. The van der Waals surface area contributed by atoms with Crippen molar-refractivity contribution in [1.82, 2.24) is 0 Å². The Morgan fingerprint density at radius 2 is 2.09 bits per heavy atom. The van der Waals surface area contributed by atoms with E-state index in [0.717, 1.165) is 5.56 Å². The van der Waals surface area contributed by atoms with Crippen molar-refractivity contribution < 1.29 is 18.7 Å². The smallest absolute Gasteiger partial charge is 0.463 e. The summed E-state index contributed by atoms with van der Waals surface area (Å²) in [5, 5.41) is 19.1. The second-order valence-electron chi connectivity index (χ2n) is 7.08. The number of carbonyl (C=O) groups is 1. The van der Waals surface area contributed by atoms with Gasteiger partial charge in [-0.25, -0.2) is 0 Å². The maximum absolute atomic E-state index is 11.4. The second kappa shape index (κ2) is 7.11. The lowest BCUT2D eigenvalue weighted by Gasteiger charge is -2.39. The molecule has 0 amide bonds. The molecule has 1 rings (SSSR count). The number of allylic oxidation sites excluding steroid dienone is 1. The van der Waals surface area contributed by atoms with Gasteiger partial charge in [-0.05, 0) is 24.2 Å². The maximum Gasteiger partial charge on any atom is 0.463 e. The van der Waals surface area contributed by atoms with Crippen LogP contribution in [0.15, 0.2) is 34.5 Å². The second-order valence-corrected chi connectivity index (χ2v) is 11.8. The molecule has 0 spiro atoms. The van der Waals surface area contributed by atoms with Crippen LogP contribution in [0.4, 0.5) is 0 Å². The molecule has 1 aromatic heterocycles. The van der Waals surface area contributed by atoms with E-state index >= 15 is 0 Å². The van der Waals surface area contributed by atoms with Gasteiger partial charge in [0.05, 0.1) is 18.6 Å². The third-order valence-electron chi connectivity index (χ3n) is 4.24. The molecule has 0 aromatic carbocycles. The number of carbonyl (C=O) groups excluding carboxylic acids is 1. The van der Waals surface area contributed by atoms with E-state index < -0.39 is 20.2 Å². The molecule has 0 aliphatic carbocycles. The summed E-state index contributed by atoms with van der Waals surface area (Å²) in [5.74, 6) is -0.812.